The largest absolute Gasteiger partial charge is 0.486 e. The number of aryl methyl sites for hydroxylation is 1. The molecule has 0 amide bonds. The van der Waals surface area contributed by atoms with Gasteiger partial charge in [0, 0.05) is 24.2 Å². The van der Waals surface area contributed by atoms with Crippen molar-refractivity contribution in [1.82, 2.24) is 9.78 Å². The highest BCUT2D eigenvalue weighted by Gasteiger charge is 2.37. The second-order valence-electron chi connectivity index (χ2n) is 7.54. The number of sulfonamides is 1. The fourth-order valence-electron chi connectivity index (χ4n) is 3.66. The summed E-state index contributed by atoms with van der Waals surface area (Å²) < 4.78 is 36.0. The summed E-state index contributed by atoms with van der Waals surface area (Å²) >= 11 is 12.3. The molecule has 3 aromatic rings. The van der Waals surface area contributed by atoms with E-state index >= 15 is 0 Å². The molecule has 0 fully saturated rings. The van der Waals surface area contributed by atoms with Gasteiger partial charge in [0.2, 0.25) is 0 Å². The van der Waals surface area contributed by atoms with Gasteiger partial charge in [0.1, 0.15) is 16.7 Å². The average Bonchev–Trinajstić information content (AvgIpc) is 3.18. The van der Waals surface area contributed by atoms with Crippen LogP contribution in [0.15, 0.2) is 53.6 Å². The third-order valence-electron chi connectivity index (χ3n) is 5.31. The van der Waals surface area contributed by atoms with Gasteiger partial charge in [-0.1, -0.05) is 41.4 Å². The number of aliphatic carboxylic acids is 1. The molecule has 2 aromatic carbocycles. The molecule has 2 heterocycles. The lowest BCUT2D eigenvalue weighted by Gasteiger charge is -2.35. The Kier molecular flexibility index (Phi) is 6.56. The van der Waals surface area contributed by atoms with Crippen molar-refractivity contribution in [1.29, 1.82) is 0 Å². The minimum atomic E-state index is -4.11. The maximum atomic E-state index is 13.7. The number of hydrogen-bond acceptors (Lipinski definition) is 5. The van der Waals surface area contributed by atoms with Gasteiger partial charge >= 0.3 is 5.97 Å². The Morgan fingerprint density at radius 1 is 1.21 bits per heavy atom. The molecule has 1 atom stereocenters. The predicted molar refractivity (Wildman–Crippen MR) is 126 cm³/mol. The van der Waals surface area contributed by atoms with Crippen LogP contribution in [-0.4, -0.2) is 41.9 Å². The van der Waals surface area contributed by atoms with Gasteiger partial charge in [0.15, 0.2) is 5.15 Å². The van der Waals surface area contributed by atoms with Crippen molar-refractivity contribution < 1.29 is 23.1 Å². The number of benzene rings is 2. The molecule has 0 radical (unpaired) electrons. The first-order valence-corrected chi connectivity index (χ1v) is 12.4. The zero-order valence-electron chi connectivity index (χ0n) is 17.6. The molecule has 0 spiro atoms. The third-order valence-corrected chi connectivity index (χ3v) is 7.71. The van der Waals surface area contributed by atoms with E-state index in [1.807, 2.05) is 19.1 Å². The summed E-state index contributed by atoms with van der Waals surface area (Å²) in [5, 5.41) is 13.5. The van der Waals surface area contributed by atoms with Crippen molar-refractivity contribution in [3.05, 3.63) is 58.8 Å². The van der Waals surface area contributed by atoms with Gasteiger partial charge in [-0.25, -0.2) is 8.42 Å². The molecule has 0 saturated carbocycles. The van der Waals surface area contributed by atoms with E-state index in [9.17, 15) is 13.2 Å². The number of hydrogen-bond donors (Lipinski definition) is 1. The van der Waals surface area contributed by atoms with Crippen molar-refractivity contribution in [3.8, 4) is 16.9 Å². The smallest absolute Gasteiger partial charge is 0.303 e. The number of aromatic nitrogens is 2. The molecule has 1 aromatic heterocycles. The summed E-state index contributed by atoms with van der Waals surface area (Å²) in [5.74, 6) is -0.646. The SMILES string of the molecule is CCn1cc(S(=O)(=O)N2CC(CCC(=O)O)Oc3ccc(-c4cccc(Cl)c4)cc32)c(Cl)n1. The Hall–Kier alpha value is -2.75. The Morgan fingerprint density at radius 3 is 2.64 bits per heavy atom. The van der Waals surface area contributed by atoms with Crippen molar-refractivity contribution in [3.63, 3.8) is 0 Å². The zero-order chi connectivity index (χ0) is 23.8. The molecular weight excluding hydrogens is 489 g/mol. The maximum absolute atomic E-state index is 13.7. The molecule has 174 valence electrons. The summed E-state index contributed by atoms with van der Waals surface area (Å²) in [4.78, 5) is 10.9. The molecule has 0 bridgehead atoms. The highest BCUT2D eigenvalue weighted by atomic mass is 35.5. The topological polar surface area (TPSA) is 102 Å². The molecule has 11 heteroatoms. The summed E-state index contributed by atoms with van der Waals surface area (Å²) in [7, 11) is -4.11. The van der Waals surface area contributed by atoms with Gasteiger partial charge in [-0.15, -0.1) is 0 Å². The maximum Gasteiger partial charge on any atom is 0.303 e. The molecule has 1 unspecified atom stereocenters. The first-order chi connectivity index (χ1) is 15.7. The summed E-state index contributed by atoms with van der Waals surface area (Å²) in [6, 6.07) is 12.4. The fourth-order valence-corrected chi connectivity index (χ4v) is 5.79. The molecule has 1 aliphatic heterocycles. The van der Waals surface area contributed by atoms with Crippen molar-refractivity contribution >= 4 is 44.9 Å². The number of carbonyl (C=O) groups is 1. The second kappa shape index (κ2) is 9.24. The number of rotatable bonds is 7. The molecule has 1 aliphatic rings. The number of carboxylic acids is 1. The highest BCUT2D eigenvalue weighted by Crippen LogP contribution is 2.41. The van der Waals surface area contributed by atoms with E-state index in [0.29, 0.717) is 23.0 Å². The minimum absolute atomic E-state index is 0.0603. The lowest BCUT2D eigenvalue weighted by molar-refractivity contribution is -0.137. The van der Waals surface area contributed by atoms with Crippen LogP contribution in [0.25, 0.3) is 11.1 Å². The molecule has 8 nitrogen and oxygen atoms in total. The normalized spacial score (nSPS) is 15.7. The second-order valence-corrected chi connectivity index (χ2v) is 10.2. The van der Waals surface area contributed by atoms with Crippen molar-refractivity contribution in [2.24, 2.45) is 0 Å². The first-order valence-electron chi connectivity index (χ1n) is 10.2. The molecule has 0 aliphatic carbocycles. The van der Waals surface area contributed by atoms with Crippen LogP contribution in [0.2, 0.25) is 10.2 Å². The van der Waals surface area contributed by atoms with Gasteiger partial charge in [0.05, 0.1) is 12.2 Å². The standard InChI is InChI=1S/C22H21Cl2N3O5S/c1-2-26-13-20(22(24)25-26)33(30,31)27-12-17(7-9-21(28)29)32-19-8-6-15(11-18(19)27)14-4-3-5-16(23)10-14/h3-6,8,10-11,13,17H,2,7,9,12H2,1H3,(H,28,29). The first kappa shape index (κ1) is 23.4. The Morgan fingerprint density at radius 2 is 1.97 bits per heavy atom. The van der Waals surface area contributed by atoms with Gasteiger partial charge < -0.3 is 9.84 Å². The Labute approximate surface area is 201 Å². The minimum Gasteiger partial charge on any atom is -0.486 e. The third kappa shape index (κ3) is 4.80. The van der Waals surface area contributed by atoms with Crippen LogP contribution in [0.3, 0.4) is 0 Å². The molecular formula is C22H21Cl2N3O5S. The Bertz CT molecular complexity index is 1310. The number of fused-ring (bicyclic) bond motifs is 1. The number of anilines is 1. The van der Waals surface area contributed by atoms with Crippen LogP contribution in [0, 0.1) is 0 Å². The fraction of sp³-hybridized carbons (Fsp3) is 0.273. The molecule has 4 rings (SSSR count). The number of carboxylic acid groups (broad SMARTS) is 1. The summed E-state index contributed by atoms with van der Waals surface area (Å²) in [5.41, 5.74) is 1.89. The summed E-state index contributed by atoms with van der Waals surface area (Å²) in [6.45, 7) is 2.22. The van der Waals surface area contributed by atoms with Crippen LogP contribution in [0.1, 0.15) is 19.8 Å². The van der Waals surface area contributed by atoms with Gasteiger partial charge in [0.25, 0.3) is 10.0 Å². The number of ether oxygens (including phenoxy) is 1. The molecule has 33 heavy (non-hydrogen) atoms. The Balaban J connectivity index is 1.81. The molecule has 1 N–H and O–H groups in total. The van der Waals surface area contributed by atoms with Crippen molar-refractivity contribution in [2.75, 3.05) is 10.8 Å². The van der Waals surface area contributed by atoms with Gasteiger partial charge in [-0.05, 0) is 48.7 Å². The van der Waals surface area contributed by atoms with E-state index in [0.717, 1.165) is 11.1 Å². The number of nitrogens with zero attached hydrogens (tertiary/aromatic N) is 3. The van der Waals surface area contributed by atoms with Crippen LogP contribution in [0.4, 0.5) is 5.69 Å². The predicted octanol–water partition coefficient (Wildman–Crippen LogP) is 4.70. The van der Waals surface area contributed by atoms with Crippen LogP contribution >= 0.6 is 23.2 Å². The van der Waals surface area contributed by atoms with Gasteiger partial charge in [-0.3, -0.25) is 13.8 Å². The van der Waals surface area contributed by atoms with Crippen molar-refractivity contribution in [2.45, 2.75) is 37.3 Å². The van der Waals surface area contributed by atoms with E-state index in [4.69, 9.17) is 33.0 Å². The van der Waals surface area contributed by atoms with E-state index in [1.54, 1.807) is 30.3 Å². The van der Waals surface area contributed by atoms with E-state index in [1.165, 1.54) is 15.2 Å². The summed E-state index contributed by atoms with van der Waals surface area (Å²) in [6.07, 6.45) is 0.752. The van der Waals surface area contributed by atoms with E-state index in [2.05, 4.69) is 5.10 Å². The lowest BCUT2D eigenvalue weighted by Crippen LogP contribution is -2.43. The van der Waals surface area contributed by atoms with Gasteiger partial charge in [-0.2, -0.15) is 5.10 Å². The lowest BCUT2D eigenvalue weighted by atomic mass is 10.0. The molecule has 0 saturated heterocycles. The number of halogens is 2. The highest BCUT2D eigenvalue weighted by molar-refractivity contribution is 7.93. The van der Waals surface area contributed by atoms with Crippen LogP contribution < -0.4 is 9.04 Å². The van der Waals surface area contributed by atoms with E-state index < -0.39 is 22.1 Å². The monoisotopic (exact) mass is 509 g/mol. The zero-order valence-corrected chi connectivity index (χ0v) is 19.9. The average molecular weight is 510 g/mol. The van der Waals surface area contributed by atoms with E-state index in [-0.39, 0.29) is 29.4 Å². The van der Waals surface area contributed by atoms with Crippen LogP contribution in [-0.2, 0) is 21.4 Å². The quantitative estimate of drug-likeness (QED) is 0.495. The van der Waals surface area contributed by atoms with Crippen LogP contribution in [0.5, 0.6) is 5.75 Å².